The van der Waals surface area contributed by atoms with Gasteiger partial charge in [0.1, 0.15) is 12.4 Å². The second-order valence-electron chi connectivity index (χ2n) is 7.40. The number of rotatable bonds is 6. The van der Waals surface area contributed by atoms with Crippen LogP contribution in [0.25, 0.3) is 0 Å². The van der Waals surface area contributed by atoms with Gasteiger partial charge in [0, 0.05) is 19.5 Å². The number of benzene rings is 2. The smallest absolute Gasteiger partial charge is 0.410 e. The third kappa shape index (κ3) is 5.04. The Balaban J connectivity index is 1.48. The highest BCUT2D eigenvalue weighted by Gasteiger charge is 2.28. The summed E-state index contributed by atoms with van der Waals surface area (Å²) in [7, 11) is 1.66. The molecule has 3 rings (SSSR count). The van der Waals surface area contributed by atoms with Crippen molar-refractivity contribution in [2.24, 2.45) is 5.92 Å². The van der Waals surface area contributed by atoms with Gasteiger partial charge in [-0.25, -0.2) is 4.79 Å². The zero-order chi connectivity index (χ0) is 19.9. The number of carbonyl (C=O) groups is 1. The van der Waals surface area contributed by atoms with Crippen LogP contribution in [0.5, 0.6) is 5.75 Å². The molecule has 2 aromatic rings. The molecule has 5 nitrogen and oxygen atoms in total. The molecule has 1 fully saturated rings. The number of aryl methyl sites for hydroxylation is 1. The number of para-hydroxylation sites is 1. The summed E-state index contributed by atoms with van der Waals surface area (Å²) < 4.78 is 10.9. The molecule has 0 bridgehead atoms. The van der Waals surface area contributed by atoms with E-state index in [0.29, 0.717) is 19.5 Å². The minimum atomic E-state index is -0.446. The predicted molar refractivity (Wildman–Crippen MR) is 108 cm³/mol. The quantitative estimate of drug-likeness (QED) is 0.820. The lowest BCUT2D eigenvalue weighted by molar-refractivity contribution is 0.0454. The minimum absolute atomic E-state index is 0.170. The molecule has 0 radical (unpaired) electrons. The van der Waals surface area contributed by atoms with Crippen LogP contribution < -0.4 is 4.74 Å². The molecule has 0 aromatic heterocycles. The van der Waals surface area contributed by atoms with Crippen LogP contribution in [0.2, 0.25) is 0 Å². The molecular weight excluding hydrogens is 354 g/mol. The molecule has 0 unspecified atom stereocenters. The summed E-state index contributed by atoms with van der Waals surface area (Å²) in [6, 6.07) is 15.7. The van der Waals surface area contributed by atoms with Crippen LogP contribution in [0.1, 0.15) is 29.5 Å². The predicted octanol–water partition coefficient (Wildman–Crippen LogP) is 3.96. The largest absolute Gasteiger partial charge is 0.496 e. The molecule has 0 aliphatic carbocycles. The Hall–Kier alpha value is -2.53. The number of amides is 1. The lowest BCUT2D eigenvalue weighted by Crippen LogP contribution is -2.41. The van der Waals surface area contributed by atoms with Gasteiger partial charge < -0.3 is 19.5 Å². The van der Waals surface area contributed by atoms with Crippen LogP contribution in [0.15, 0.2) is 48.5 Å². The summed E-state index contributed by atoms with van der Waals surface area (Å²) in [5.41, 5.74) is 3.08. The SMILES string of the molecule is COc1c(C)cccc1C[C@H](O)C1CCN(C(=O)OCc2ccccc2)CC1. The van der Waals surface area contributed by atoms with Gasteiger partial charge in [-0.15, -0.1) is 0 Å². The Morgan fingerprint density at radius 2 is 1.86 bits per heavy atom. The van der Waals surface area contributed by atoms with Crippen molar-refractivity contribution in [3.05, 3.63) is 65.2 Å². The molecule has 1 atom stereocenters. The highest BCUT2D eigenvalue weighted by atomic mass is 16.6. The van der Waals surface area contributed by atoms with Crippen molar-refractivity contribution in [1.29, 1.82) is 0 Å². The summed E-state index contributed by atoms with van der Waals surface area (Å²) in [6.45, 7) is 3.52. The standard InChI is InChI=1S/C23H29NO4/c1-17-7-6-10-20(22(17)27-2)15-21(25)19-11-13-24(14-12-19)23(26)28-16-18-8-4-3-5-9-18/h3-10,19,21,25H,11-16H2,1-2H3/t21-/m0/s1. The van der Waals surface area contributed by atoms with Crippen molar-refractivity contribution in [3.8, 4) is 5.75 Å². The molecule has 5 heteroatoms. The Kier molecular flexibility index (Phi) is 6.93. The number of piperidine rings is 1. The van der Waals surface area contributed by atoms with E-state index in [1.807, 2.05) is 55.5 Å². The molecule has 1 amide bonds. The van der Waals surface area contributed by atoms with Crippen molar-refractivity contribution in [3.63, 3.8) is 0 Å². The Bertz CT molecular complexity index is 769. The van der Waals surface area contributed by atoms with Gasteiger partial charge in [-0.1, -0.05) is 48.5 Å². The summed E-state index contributed by atoms with van der Waals surface area (Å²) >= 11 is 0. The molecule has 150 valence electrons. The van der Waals surface area contributed by atoms with Gasteiger partial charge in [-0.3, -0.25) is 0 Å². The van der Waals surface area contributed by atoms with Gasteiger partial charge in [-0.05, 0) is 42.4 Å². The summed E-state index contributed by atoms with van der Waals surface area (Å²) in [5, 5.41) is 10.7. The number of aliphatic hydroxyl groups excluding tert-OH is 1. The monoisotopic (exact) mass is 383 g/mol. The molecule has 1 aliphatic heterocycles. The maximum atomic E-state index is 12.3. The van der Waals surface area contributed by atoms with Crippen molar-refractivity contribution < 1.29 is 19.4 Å². The molecule has 1 heterocycles. The van der Waals surface area contributed by atoms with Gasteiger partial charge >= 0.3 is 6.09 Å². The van der Waals surface area contributed by atoms with E-state index in [2.05, 4.69) is 0 Å². The molecule has 28 heavy (non-hydrogen) atoms. The molecule has 0 spiro atoms. The van der Waals surface area contributed by atoms with E-state index in [1.165, 1.54) is 0 Å². The average molecular weight is 383 g/mol. The first-order chi connectivity index (χ1) is 13.6. The molecule has 1 N–H and O–H groups in total. The third-order valence-corrected chi connectivity index (χ3v) is 5.47. The Labute approximate surface area is 166 Å². The normalized spacial score (nSPS) is 15.9. The first-order valence-corrected chi connectivity index (χ1v) is 9.84. The van der Waals surface area contributed by atoms with Gasteiger partial charge in [0.2, 0.25) is 0 Å². The molecule has 2 aromatic carbocycles. The lowest BCUT2D eigenvalue weighted by atomic mass is 9.87. The van der Waals surface area contributed by atoms with Crippen molar-refractivity contribution in [2.45, 2.75) is 38.9 Å². The van der Waals surface area contributed by atoms with Gasteiger partial charge in [0.05, 0.1) is 13.2 Å². The van der Waals surface area contributed by atoms with E-state index in [9.17, 15) is 9.90 Å². The second kappa shape index (κ2) is 9.60. The van der Waals surface area contributed by atoms with Crippen LogP contribution in [0, 0.1) is 12.8 Å². The summed E-state index contributed by atoms with van der Waals surface area (Å²) in [5.74, 6) is 1.02. The number of methoxy groups -OCH3 is 1. The van der Waals surface area contributed by atoms with Crippen LogP contribution in [0.3, 0.4) is 0 Å². The van der Waals surface area contributed by atoms with Gasteiger partial charge in [0.15, 0.2) is 0 Å². The summed E-state index contributed by atoms with van der Waals surface area (Å²) in [4.78, 5) is 14.0. The van der Waals surface area contributed by atoms with E-state index < -0.39 is 6.10 Å². The van der Waals surface area contributed by atoms with Gasteiger partial charge in [0.25, 0.3) is 0 Å². The highest BCUT2D eigenvalue weighted by molar-refractivity contribution is 5.67. The van der Waals surface area contributed by atoms with E-state index in [4.69, 9.17) is 9.47 Å². The van der Waals surface area contributed by atoms with Crippen LogP contribution in [0.4, 0.5) is 4.79 Å². The fourth-order valence-electron chi connectivity index (χ4n) is 3.84. The lowest BCUT2D eigenvalue weighted by Gasteiger charge is -2.33. The van der Waals surface area contributed by atoms with E-state index in [-0.39, 0.29) is 18.6 Å². The Morgan fingerprint density at radius 1 is 1.14 bits per heavy atom. The van der Waals surface area contributed by atoms with Gasteiger partial charge in [-0.2, -0.15) is 0 Å². The van der Waals surface area contributed by atoms with E-state index in [1.54, 1.807) is 12.0 Å². The van der Waals surface area contributed by atoms with Crippen molar-refractivity contribution >= 4 is 6.09 Å². The minimum Gasteiger partial charge on any atom is -0.496 e. The maximum absolute atomic E-state index is 12.3. The number of carbonyl (C=O) groups excluding carboxylic acids is 1. The first kappa shape index (κ1) is 20.2. The highest BCUT2D eigenvalue weighted by Crippen LogP contribution is 2.28. The zero-order valence-corrected chi connectivity index (χ0v) is 16.6. The molecular formula is C23H29NO4. The fourth-order valence-corrected chi connectivity index (χ4v) is 3.84. The molecule has 1 saturated heterocycles. The van der Waals surface area contributed by atoms with Crippen LogP contribution >= 0.6 is 0 Å². The number of hydrogen-bond donors (Lipinski definition) is 1. The number of nitrogens with zero attached hydrogens (tertiary/aromatic N) is 1. The Morgan fingerprint density at radius 3 is 2.54 bits per heavy atom. The molecule has 0 saturated carbocycles. The number of ether oxygens (including phenoxy) is 2. The average Bonchev–Trinajstić information content (AvgIpc) is 2.73. The molecule has 1 aliphatic rings. The number of hydrogen-bond acceptors (Lipinski definition) is 4. The number of aliphatic hydroxyl groups is 1. The van der Waals surface area contributed by atoms with E-state index >= 15 is 0 Å². The maximum Gasteiger partial charge on any atom is 0.410 e. The van der Waals surface area contributed by atoms with E-state index in [0.717, 1.165) is 35.3 Å². The second-order valence-corrected chi connectivity index (χ2v) is 7.40. The van der Waals surface area contributed by atoms with Crippen LogP contribution in [-0.2, 0) is 17.8 Å². The summed E-state index contributed by atoms with van der Waals surface area (Å²) in [6.07, 6.45) is 1.38. The van der Waals surface area contributed by atoms with Crippen molar-refractivity contribution in [1.82, 2.24) is 4.90 Å². The van der Waals surface area contributed by atoms with Crippen molar-refractivity contribution in [2.75, 3.05) is 20.2 Å². The third-order valence-electron chi connectivity index (χ3n) is 5.47. The zero-order valence-electron chi connectivity index (χ0n) is 16.6. The van der Waals surface area contributed by atoms with Crippen LogP contribution in [-0.4, -0.2) is 42.4 Å². The first-order valence-electron chi connectivity index (χ1n) is 9.84. The topological polar surface area (TPSA) is 59.0 Å². The number of likely N-dealkylation sites (tertiary alicyclic amines) is 1. The fraction of sp³-hybridized carbons (Fsp3) is 0.435.